The number of nitrogens with one attached hydrogen (secondary N) is 1. The molecule has 3 atom stereocenters. The molecule has 1 N–H and O–H groups in total. The van der Waals surface area contributed by atoms with Gasteiger partial charge >= 0.3 is 5.97 Å². The standard InChI is InChI=1S/C13H13NO4/c1-7-5-11(18-13(7)16)17-6-9-8-3-2-4-10(8)14-12(9)15/h2,4-6,8,10-11H,3H2,1H3,(H,14,15)/b9-6+/t8-,10-,11-/m1/s1. The van der Waals surface area contributed by atoms with Crippen molar-refractivity contribution in [2.45, 2.75) is 25.7 Å². The molecule has 1 saturated heterocycles. The summed E-state index contributed by atoms with van der Waals surface area (Å²) in [4.78, 5) is 22.9. The van der Waals surface area contributed by atoms with E-state index in [4.69, 9.17) is 9.47 Å². The largest absolute Gasteiger partial charge is 0.458 e. The lowest BCUT2D eigenvalue weighted by atomic mass is 9.99. The number of fused-ring (bicyclic) bond motifs is 1. The number of carbonyl (C=O) groups is 2. The van der Waals surface area contributed by atoms with Crippen LogP contribution in [0.2, 0.25) is 0 Å². The molecule has 0 aromatic rings. The summed E-state index contributed by atoms with van der Waals surface area (Å²) in [7, 11) is 0. The molecule has 5 nitrogen and oxygen atoms in total. The van der Waals surface area contributed by atoms with Crippen LogP contribution in [0.4, 0.5) is 0 Å². The average molecular weight is 247 g/mol. The molecular formula is C13H13NO4. The Kier molecular flexibility index (Phi) is 2.47. The van der Waals surface area contributed by atoms with Gasteiger partial charge in [0.1, 0.15) is 0 Å². The summed E-state index contributed by atoms with van der Waals surface area (Å²) in [5, 5.41) is 2.86. The molecule has 0 saturated carbocycles. The zero-order valence-electron chi connectivity index (χ0n) is 9.88. The maximum absolute atomic E-state index is 11.7. The summed E-state index contributed by atoms with van der Waals surface area (Å²) >= 11 is 0. The second-order valence-electron chi connectivity index (χ2n) is 4.60. The van der Waals surface area contributed by atoms with Gasteiger partial charge < -0.3 is 14.8 Å². The van der Waals surface area contributed by atoms with E-state index in [-0.39, 0.29) is 23.8 Å². The summed E-state index contributed by atoms with van der Waals surface area (Å²) in [6.07, 6.45) is 7.16. The van der Waals surface area contributed by atoms with E-state index < -0.39 is 6.29 Å². The molecule has 1 fully saturated rings. The van der Waals surface area contributed by atoms with Crippen molar-refractivity contribution in [1.29, 1.82) is 0 Å². The first kappa shape index (κ1) is 11.1. The number of esters is 1. The van der Waals surface area contributed by atoms with Crippen LogP contribution in [0.15, 0.2) is 35.6 Å². The highest BCUT2D eigenvalue weighted by Gasteiger charge is 2.38. The van der Waals surface area contributed by atoms with Crippen molar-refractivity contribution in [3.05, 3.63) is 35.6 Å². The first-order chi connectivity index (χ1) is 8.65. The number of hydrogen-bond acceptors (Lipinski definition) is 4. The Labute approximate surface area is 104 Å². The van der Waals surface area contributed by atoms with Gasteiger partial charge in [-0.25, -0.2) is 4.79 Å². The van der Waals surface area contributed by atoms with Crippen LogP contribution in [0.25, 0.3) is 0 Å². The zero-order valence-corrected chi connectivity index (χ0v) is 9.88. The number of carbonyl (C=O) groups excluding carboxylic acids is 2. The lowest BCUT2D eigenvalue weighted by Crippen LogP contribution is -2.24. The first-order valence-corrected chi connectivity index (χ1v) is 5.87. The summed E-state index contributed by atoms with van der Waals surface area (Å²) in [5.74, 6) is -0.353. The maximum atomic E-state index is 11.7. The smallest absolute Gasteiger partial charge is 0.336 e. The van der Waals surface area contributed by atoms with E-state index in [0.717, 1.165) is 6.42 Å². The second-order valence-corrected chi connectivity index (χ2v) is 4.60. The number of cyclic esters (lactones) is 1. The molecular weight excluding hydrogens is 234 g/mol. The molecule has 1 aliphatic carbocycles. The summed E-state index contributed by atoms with van der Waals surface area (Å²) in [6, 6.07) is 0.0794. The van der Waals surface area contributed by atoms with Crippen molar-refractivity contribution >= 4 is 11.9 Å². The predicted molar refractivity (Wildman–Crippen MR) is 62.0 cm³/mol. The number of allylic oxidation sites excluding steroid dienone is 1. The molecule has 0 bridgehead atoms. The normalized spacial score (nSPS) is 35.5. The summed E-state index contributed by atoms with van der Waals surface area (Å²) in [6.45, 7) is 1.66. The minimum atomic E-state index is -0.716. The molecule has 1 amide bonds. The monoisotopic (exact) mass is 247 g/mol. The Bertz CT molecular complexity index is 503. The number of ether oxygens (including phenoxy) is 2. The Morgan fingerprint density at radius 1 is 1.50 bits per heavy atom. The molecule has 0 aromatic heterocycles. The van der Waals surface area contributed by atoms with Gasteiger partial charge in [-0.15, -0.1) is 0 Å². The average Bonchev–Trinajstić information content (AvgIpc) is 2.94. The SMILES string of the molecule is CC1=C[C@H](O/C=C2/C(=O)N[C@@H]3C=CC[C@H]23)OC1=O. The number of rotatable bonds is 2. The molecule has 0 aromatic carbocycles. The molecule has 2 aliphatic heterocycles. The van der Waals surface area contributed by atoms with Crippen LogP contribution < -0.4 is 5.32 Å². The molecule has 0 unspecified atom stereocenters. The molecule has 2 heterocycles. The van der Waals surface area contributed by atoms with Crippen molar-refractivity contribution in [2.24, 2.45) is 5.92 Å². The van der Waals surface area contributed by atoms with Crippen LogP contribution in [-0.2, 0) is 19.1 Å². The fourth-order valence-electron chi connectivity index (χ4n) is 2.38. The Morgan fingerprint density at radius 2 is 2.33 bits per heavy atom. The van der Waals surface area contributed by atoms with Crippen molar-refractivity contribution in [2.75, 3.05) is 0 Å². The first-order valence-electron chi connectivity index (χ1n) is 5.87. The van der Waals surface area contributed by atoms with E-state index in [9.17, 15) is 9.59 Å². The quantitative estimate of drug-likeness (QED) is 0.339. The van der Waals surface area contributed by atoms with Crippen molar-refractivity contribution in [1.82, 2.24) is 5.32 Å². The lowest BCUT2D eigenvalue weighted by Gasteiger charge is -2.10. The highest BCUT2D eigenvalue weighted by atomic mass is 16.7. The van der Waals surface area contributed by atoms with Crippen LogP contribution in [0, 0.1) is 5.92 Å². The minimum absolute atomic E-state index is 0.0794. The van der Waals surface area contributed by atoms with Gasteiger partial charge in [-0.3, -0.25) is 4.79 Å². The van der Waals surface area contributed by atoms with E-state index in [1.54, 1.807) is 13.0 Å². The lowest BCUT2D eigenvalue weighted by molar-refractivity contribution is -0.152. The molecule has 0 spiro atoms. The zero-order chi connectivity index (χ0) is 12.7. The van der Waals surface area contributed by atoms with Crippen LogP contribution in [0.5, 0.6) is 0 Å². The van der Waals surface area contributed by atoms with Gasteiger partial charge in [0, 0.05) is 17.6 Å². The van der Waals surface area contributed by atoms with E-state index in [1.165, 1.54) is 6.26 Å². The van der Waals surface area contributed by atoms with Crippen LogP contribution in [0.3, 0.4) is 0 Å². The van der Waals surface area contributed by atoms with Gasteiger partial charge in [-0.05, 0) is 13.3 Å². The van der Waals surface area contributed by atoms with Crippen LogP contribution >= 0.6 is 0 Å². The summed E-state index contributed by atoms with van der Waals surface area (Å²) in [5.41, 5.74) is 1.13. The highest BCUT2D eigenvalue weighted by Crippen LogP contribution is 2.32. The van der Waals surface area contributed by atoms with Crippen LogP contribution in [0.1, 0.15) is 13.3 Å². The molecule has 3 rings (SSSR count). The Hall–Kier alpha value is -2.04. The molecule has 3 aliphatic rings. The topological polar surface area (TPSA) is 64.6 Å². The third-order valence-corrected chi connectivity index (χ3v) is 3.39. The Balaban J connectivity index is 1.70. The maximum Gasteiger partial charge on any atom is 0.336 e. The fraction of sp³-hybridized carbons (Fsp3) is 0.385. The van der Waals surface area contributed by atoms with Gasteiger partial charge in [-0.1, -0.05) is 12.2 Å². The van der Waals surface area contributed by atoms with Gasteiger partial charge in [0.25, 0.3) is 12.2 Å². The van der Waals surface area contributed by atoms with Crippen molar-refractivity contribution in [3.8, 4) is 0 Å². The van der Waals surface area contributed by atoms with E-state index in [2.05, 4.69) is 5.32 Å². The minimum Gasteiger partial charge on any atom is -0.458 e. The van der Waals surface area contributed by atoms with Gasteiger partial charge in [0.2, 0.25) is 0 Å². The fourth-order valence-corrected chi connectivity index (χ4v) is 2.38. The highest BCUT2D eigenvalue weighted by molar-refractivity contribution is 5.97. The number of amides is 1. The third-order valence-electron chi connectivity index (χ3n) is 3.39. The van der Waals surface area contributed by atoms with Crippen molar-refractivity contribution in [3.63, 3.8) is 0 Å². The second kappa shape index (κ2) is 4.01. The third kappa shape index (κ3) is 1.72. The molecule has 18 heavy (non-hydrogen) atoms. The van der Waals surface area contributed by atoms with E-state index in [1.807, 2.05) is 12.2 Å². The summed E-state index contributed by atoms with van der Waals surface area (Å²) < 4.78 is 10.3. The number of hydrogen-bond donors (Lipinski definition) is 1. The van der Waals surface area contributed by atoms with Crippen molar-refractivity contribution < 1.29 is 19.1 Å². The molecule has 0 radical (unpaired) electrons. The van der Waals surface area contributed by atoms with Crippen LogP contribution in [-0.4, -0.2) is 24.2 Å². The van der Waals surface area contributed by atoms with Gasteiger partial charge in [0.05, 0.1) is 17.9 Å². The molecule has 94 valence electrons. The predicted octanol–water partition coefficient (Wildman–Crippen LogP) is 0.791. The molecule has 5 heteroatoms. The van der Waals surface area contributed by atoms with E-state index in [0.29, 0.717) is 11.1 Å². The van der Waals surface area contributed by atoms with Gasteiger partial charge in [-0.2, -0.15) is 0 Å². The Morgan fingerprint density at radius 3 is 3.06 bits per heavy atom. The van der Waals surface area contributed by atoms with Gasteiger partial charge in [0.15, 0.2) is 0 Å². The van der Waals surface area contributed by atoms with E-state index >= 15 is 0 Å².